The number of hydrogen-bond donors (Lipinski definition) is 1. The third-order valence-corrected chi connectivity index (χ3v) is 4.83. The first-order valence-corrected chi connectivity index (χ1v) is 7.64. The van der Waals surface area contributed by atoms with E-state index < -0.39 is 6.17 Å². The molecule has 3 heterocycles. The lowest BCUT2D eigenvalue weighted by atomic mass is 9.82. The lowest BCUT2D eigenvalue weighted by Gasteiger charge is -2.47. The van der Waals surface area contributed by atoms with Crippen LogP contribution in [0.1, 0.15) is 38.5 Å². The van der Waals surface area contributed by atoms with Crippen LogP contribution < -0.4 is 10.2 Å². The van der Waals surface area contributed by atoms with Crippen LogP contribution in [0.4, 0.5) is 10.2 Å². The van der Waals surface area contributed by atoms with Gasteiger partial charge in [-0.2, -0.15) is 0 Å². The van der Waals surface area contributed by atoms with Crippen LogP contribution in [0.2, 0.25) is 0 Å². The van der Waals surface area contributed by atoms with Crippen LogP contribution >= 0.6 is 0 Å². The highest BCUT2D eigenvalue weighted by Crippen LogP contribution is 2.38. The molecule has 3 aliphatic rings. The molecule has 3 fully saturated rings. The van der Waals surface area contributed by atoms with Crippen molar-refractivity contribution in [2.45, 2.75) is 68.9 Å². The van der Waals surface area contributed by atoms with Crippen molar-refractivity contribution in [3.8, 4) is 0 Å². The Balaban J connectivity index is 1.63. The lowest BCUT2D eigenvalue weighted by Crippen LogP contribution is -2.62. The van der Waals surface area contributed by atoms with E-state index in [0.29, 0.717) is 12.1 Å². The summed E-state index contributed by atoms with van der Waals surface area (Å²) in [5, 5.41) is 11.5. The van der Waals surface area contributed by atoms with Gasteiger partial charge in [-0.1, -0.05) is 6.42 Å². The second-order valence-corrected chi connectivity index (χ2v) is 6.25. The van der Waals surface area contributed by atoms with Gasteiger partial charge in [0, 0.05) is 18.1 Å². The summed E-state index contributed by atoms with van der Waals surface area (Å²) < 4.78 is 14.9. The number of alkyl halides is 1. The molecule has 1 N–H and O–H groups in total. The first kappa shape index (κ1) is 12.4. The van der Waals surface area contributed by atoms with E-state index >= 15 is 0 Å². The van der Waals surface area contributed by atoms with Crippen molar-refractivity contribution in [1.29, 1.82) is 0 Å². The van der Waals surface area contributed by atoms with Gasteiger partial charge in [0.25, 0.3) is 0 Å². The third kappa shape index (κ3) is 2.16. The third-order valence-electron chi connectivity index (χ3n) is 4.83. The van der Waals surface area contributed by atoms with E-state index in [1.807, 2.05) is 0 Å². The zero-order valence-corrected chi connectivity index (χ0v) is 11.5. The Labute approximate surface area is 118 Å². The van der Waals surface area contributed by atoms with Crippen molar-refractivity contribution in [2.75, 3.05) is 4.90 Å². The molecule has 2 saturated heterocycles. The number of anilines is 1. The molecule has 0 amide bonds. The fourth-order valence-electron chi connectivity index (χ4n) is 3.79. The summed E-state index contributed by atoms with van der Waals surface area (Å²) in [7, 11) is 0. The van der Waals surface area contributed by atoms with E-state index in [9.17, 15) is 4.39 Å². The minimum absolute atomic E-state index is 0.0124. The van der Waals surface area contributed by atoms with Gasteiger partial charge in [-0.15, -0.1) is 10.2 Å². The van der Waals surface area contributed by atoms with Gasteiger partial charge >= 0.3 is 0 Å². The number of fused-ring (bicyclic) bond motifs is 2. The number of aromatic nitrogens is 3. The smallest absolute Gasteiger partial charge is 0.170 e. The molecule has 20 heavy (non-hydrogen) atoms. The number of nitrogens with zero attached hydrogens (tertiary/aromatic N) is 4. The molecule has 5 nitrogen and oxygen atoms in total. The number of halogens is 1. The molecule has 4 rings (SSSR count). The molecule has 2 bridgehead atoms. The van der Waals surface area contributed by atoms with Crippen molar-refractivity contribution in [2.24, 2.45) is 0 Å². The summed E-state index contributed by atoms with van der Waals surface area (Å²) in [5.41, 5.74) is 0. The molecule has 2 aliphatic heterocycles. The van der Waals surface area contributed by atoms with Gasteiger partial charge in [0.2, 0.25) is 0 Å². The van der Waals surface area contributed by atoms with Crippen molar-refractivity contribution in [3.05, 3.63) is 12.5 Å². The number of nitrogens with one attached hydrogen (secondary N) is 1. The summed E-state index contributed by atoms with van der Waals surface area (Å²) in [5.74, 6) is 0.739. The van der Waals surface area contributed by atoms with Crippen LogP contribution in [0.3, 0.4) is 0 Å². The van der Waals surface area contributed by atoms with Gasteiger partial charge in [0.15, 0.2) is 5.82 Å². The molecule has 1 aliphatic carbocycles. The van der Waals surface area contributed by atoms with Gasteiger partial charge in [0.05, 0.1) is 12.2 Å². The Morgan fingerprint density at radius 2 is 2.15 bits per heavy atom. The van der Waals surface area contributed by atoms with Gasteiger partial charge in [-0.05, 0) is 32.1 Å². The van der Waals surface area contributed by atoms with Crippen molar-refractivity contribution in [1.82, 2.24) is 20.5 Å². The van der Waals surface area contributed by atoms with Crippen molar-refractivity contribution < 1.29 is 4.39 Å². The van der Waals surface area contributed by atoms with Crippen LogP contribution in [0.25, 0.3) is 0 Å². The van der Waals surface area contributed by atoms with Crippen LogP contribution in [0, 0.1) is 0 Å². The van der Waals surface area contributed by atoms with E-state index in [4.69, 9.17) is 0 Å². The molecule has 108 valence electrons. The average molecular weight is 277 g/mol. The maximum absolute atomic E-state index is 14.9. The highest BCUT2D eigenvalue weighted by molar-refractivity contribution is 5.41. The zero-order valence-electron chi connectivity index (χ0n) is 11.5. The van der Waals surface area contributed by atoms with Crippen LogP contribution in [-0.4, -0.2) is 45.5 Å². The topological polar surface area (TPSA) is 53.9 Å². The molecule has 1 aromatic rings. The maximum Gasteiger partial charge on any atom is 0.170 e. The monoisotopic (exact) mass is 277 g/mol. The Hall–Kier alpha value is -1.30. The molecular weight excluding hydrogens is 257 g/mol. The molecule has 4 atom stereocenters. The van der Waals surface area contributed by atoms with Crippen LogP contribution in [0.5, 0.6) is 0 Å². The number of rotatable bonds is 3. The number of piperidine rings is 2. The Kier molecular flexibility index (Phi) is 3.06. The van der Waals surface area contributed by atoms with E-state index in [2.05, 4.69) is 25.4 Å². The van der Waals surface area contributed by atoms with E-state index in [-0.39, 0.29) is 12.1 Å². The summed E-state index contributed by atoms with van der Waals surface area (Å²) in [6.07, 6.45) is 8.70. The summed E-state index contributed by atoms with van der Waals surface area (Å²) in [6.45, 7) is 0. The first-order valence-electron chi connectivity index (χ1n) is 7.64. The molecule has 1 aromatic heterocycles. The van der Waals surface area contributed by atoms with E-state index in [1.54, 1.807) is 6.20 Å². The van der Waals surface area contributed by atoms with Gasteiger partial charge < -0.3 is 10.2 Å². The Bertz CT molecular complexity index is 466. The summed E-state index contributed by atoms with van der Waals surface area (Å²) in [6, 6.07) is 0.822. The first-order chi connectivity index (χ1) is 9.83. The molecule has 0 unspecified atom stereocenters. The average Bonchev–Trinajstić information content (AvgIpc) is 3.31. The Morgan fingerprint density at radius 3 is 2.90 bits per heavy atom. The summed E-state index contributed by atoms with van der Waals surface area (Å²) in [4.78, 5) is 6.22. The molecule has 0 spiro atoms. The standard InChI is InChI=1S/C14H20FN5/c15-14-11-3-1-2-9(18-11)6-12(14)20(10-4-5-10)13-7-16-8-17-19-13/h7-12,14,18H,1-6H2/t9-,11+,12-,14+/m0/s1. The quantitative estimate of drug-likeness (QED) is 0.906. The van der Waals surface area contributed by atoms with Crippen molar-refractivity contribution in [3.63, 3.8) is 0 Å². The Morgan fingerprint density at radius 1 is 1.25 bits per heavy atom. The molecule has 6 heteroatoms. The van der Waals surface area contributed by atoms with Gasteiger partial charge in [0.1, 0.15) is 12.5 Å². The SMILES string of the molecule is F[C@@H]1[C@H]2CCC[C@@H](C[C@@H]1N(c1cncnn1)C1CC1)N2. The maximum atomic E-state index is 14.9. The van der Waals surface area contributed by atoms with Gasteiger partial charge in [-0.25, -0.2) is 9.37 Å². The predicted octanol–water partition coefficient (Wildman–Crippen LogP) is 1.46. The van der Waals surface area contributed by atoms with Crippen molar-refractivity contribution >= 4 is 5.82 Å². The van der Waals surface area contributed by atoms with Crippen LogP contribution in [0.15, 0.2) is 12.5 Å². The fourth-order valence-corrected chi connectivity index (χ4v) is 3.79. The highest BCUT2D eigenvalue weighted by Gasteiger charge is 2.46. The van der Waals surface area contributed by atoms with Crippen LogP contribution in [-0.2, 0) is 0 Å². The molecule has 0 radical (unpaired) electrons. The van der Waals surface area contributed by atoms with Gasteiger partial charge in [-0.3, -0.25) is 0 Å². The minimum atomic E-state index is -0.825. The largest absolute Gasteiger partial charge is 0.345 e. The van der Waals surface area contributed by atoms with E-state index in [1.165, 1.54) is 6.33 Å². The lowest BCUT2D eigenvalue weighted by molar-refractivity contribution is 0.104. The molecule has 0 aromatic carbocycles. The normalized spacial score (nSPS) is 36.6. The second-order valence-electron chi connectivity index (χ2n) is 6.25. The summed E-state index contributed by atoms with van der Waals surface area (Å²) >= 11 is 0. The number of hydrogen-bond acceptors (Lipinski definition) is 5. The highest BCUT2D eigenvalue weighted by atomic mass is 19.1. The van der Waals surface area contributed by atoms with E-state index in [0.717, 1.165) is 44.3 Å². The molecule has 1 saturated carbocycles. The zero-order chi connectivity index (χ0) is 13.5. The molecular formula is C14H20FN5. The minimum Gasteiger partial charge on any atom is -0.345 e. The fraction of sp³-hybridized carbons (Fsp3) is 0.786. The second kappa shape index (κ2) is 4.91. The predicted molar refractivity (Wildman–Crippen MR) is 73.2 cm³/mol.